The van der Waals surface area contributed by atoms with E-state index in [0.717, 1.165) is 44.8 Å². The molecule has 1 aromatic heterocycles. The van der Waals surface area contributed by atoms with Gasteiger partial charge in [-0.05, 0) is 74.4 Å². The number of carbonyl (C=O) groups excluding carboxylic acids is 1. The van der Waals surface area contributed by atoms with E-state index in [1.807, 2.05) is 39.0 Å². The topological polar surface area (TPSA) is 34.0 Å². The number of fused-ring (bicyclic) bond motifs is 1. The minimum absolute atomic E-state index is 0.179. The molecule has 0 atom stereocenters. The Morgan fingerprint density at radius 2 is 1.77 bits per heavy atom. The first-order chi connectivity index (χ1) is 14.1. The molecule has 1 aliphatic rings. The van der Waals surface area contributed by atoms with Crippen molar-refractivity contribution < 1.29 is 18.0 Å². The lowest BCUT2D eigenvalue weighted by Crippen LogP contribution is -2.06. The van der Waals surface area contributed by atoms with Crippen LogP contribution < -0.4 is 5.32 Å². The molecule has 0 bridgehead atoms. The molecule has 2 heterocycles. The molecule has 154 valence electrons. The van der Waals surface area contributed by atoms with Crippen molar-refractivity contribution in [2.75, 3.05) is 5.32 Å². The SMILES string of the molecule is Cc1cc(-n2c(C)cc(/C=C3/C(=O)Nc4cc(C(F)(F)F)ccc43)c2C)ccc1Br. The first-order valence-corrected chi connectivity index (χ1v) is 10.1. The van der Waals surface area contributed by atoms with Crippen molar-refractivity contribution in [3.8, 4) is 5.69 Å². The van der Waals surface area contributed by atoms with Gasteiger partial charge in [-0.2, -0.15) is 13.2 Å². The lowest BCUT2D eigenvalue weighted by molar-refractivity contribution is -0.137. The summed E-state index contributed by atoms with van der Waals surface area (Å²) in [5.74, 6) is -0.409. The number of hydrogen-bond donors (Lipinski definition) is 1. The lowest BCUT2D eigenvalue weighted by Gasteiger charge is -2.11. The van der Waals surface area contributed by atoms with Gasteiger partial charge < -0.3 is 9.88 Å². The largest absolute Gasteiger partial charge is 0.416 e. The predicted molar refractivity (Wildman–Crippen MR) is 116 cm³/mol. The Balaban J connectivity index is 1.78. The molecule has 0 radical (unpaired) electrons. The van der Waals surface area contributed by atoms with E-state index in [1.54, 1.807) is 6.08 Å². The van der Waals surface area contributed by atoms with E-state index in [-0.39, 0.29) is 5.69 Å². The molecule has 30 heavy (non-hydrogen) atoms. The van der Waals surface area contributed by atoms with Crippen molar-refractivity contribution in [2.24, 2.45) is 0 Å². The summed E-state index contributed by atoms with van der Waals surface area (Å²) in [6, 6.07) is 11.3. The second kappa shape index (κ2) is 7.16. The van der Waals surface area contributed by atoms with E-state index in [2.05, 4.69) is 31.9 Å². The number of aromatic nitrogens is 1. The van der Waals surface area contributed by atoms with Crippen LogP contribution in [-0.2, 0) is 11.0 Å². The van der Waals surface area contributed by atoms with Crippen molar-refractivity contribution in [1.82, 2.24) is 4.57 Å². The third kappa shape index (κ3) is 3.47. The third-order valence-electron chi connectivity index (χ3n) is 5.30. The van der Waals surface area contributed by atoms with Crippen molar-refractivity contribution in [2.45, 2.75) is 26.9 Å². The number of nitrogens with one attached hydrogen (secondary N) is 1. The summed E-state index contributed by atoms with van der Waals surface area (Å²) in [7, 11) is 0. The van der Waals surface area contributed by atoms with Gasteiger partial charge in [0.05, 0.1) is 5.56 Å². The van der Waals surface area contributed by atoms with Crippen LogP contribution in [0.2, 0.25) is 0 Å². The maximum absolute atomic E-state index is 13.0. The van der Waals surface area contributed by atoms with Gasteiger partial charge in [-0.15, -0.1) is 0 Å². The third-order valence-corrected chi connectivity index (χ3v) is 6.19. The molecule has 0 spiro atoms. The Hall–Kier alpha value is -2.80. The van der Waals surface area contributed by atoms with Gasteiger partial charge in [0.25, 0.3) is 5.91 Å². The maximum Gasteiger partial charge on any atom is 0.416 e. The zero-order valence-corrected chi connectivity index (χ0v) is 18.1. The summed E-state index contributed by atoms with van der Waals surface area (Å²) in [5, 5.41) is 2.55. The van der Waals surface area contributed by atoms with E-state index in [1.165, 1.54) is 6.07 Å². The number of rotatable bonds is 2. The zero-order valence-electron chi connectivity index (χ0n) is 16.5. The maximum atomic E-state index is 13.0. The molecule has 0 saturated carbocycles. The first kappa shape index (κ1) is 20.5. The van der Waals surface area contributed by atoms with Crippen LogP contribution in [0.25, 0.3) is 17.3 Å². The Labute approximate surface area is 180 Å². The highest BCUT2D eigenvalue weighted by molar-refractivity contribution is 9.10. The van der Waals surface area contributed by atoms with Crippen LogP contribution in [-0.4, -0.2) is 10.5 Å². The van der Waals surface area contributed by atoms with Crippen molar-refractivity contribution in [3.05, 3.63) is 80.6 Å². The van der Waals surface area contributed by atoms with Gasteiger partial charge in [0, 0.05) is 38.4 Å². The Bertz CT molecular complexity index is 1220. The quantitative estimate of drug-likeness (QED) is 0.413. The molecule has 0 aliphatic carbocycles. The number of nitrogens with zero attached hydrogens (tertiary/aromatic N) is 1. The van der Waals surface area contributed by atoms with Crippen LogP contribution in [0.4, 0.5) is 18.9 Å². The molecule has 1 amide bonds. The van der Waals surface area contributed by atoms with Crippen molar-refractivity contribution in [3.63, 3.8) is 0 Å². The Morgan fingerprint density at radius 1 is 1.03 bits per heavy atom. The van der Waals surface area contributed by atoms with Crippen LogP contribution >= 0.6 is 15.9 Å². The van der Waals surface area contributed by atoms with Gasteiger partial charge >= 0.3 is 6.18 Å². The van der Waals surface area contributed by atoms with Gasteiger partial charge in [0.2, 0.25) is 0 Å². The highest BCUT2D eigenvalue weighted by atomic mass is 79.9. The van der Waals surface area contributed by atoms with Gasteiger partial charge in [-0.1, -0.05) is 22.0 Å². The summed E-state index contributed by atoms with van der Waals surface area (Å²) >= 11 is 3.51. The second-order valence-electron chi connectivity index (χ2n) is 7.37. The number of aryl methyl sites for hydroxylation is 2. The smallest absolute Gasteiger partial charge is 0.321 e. The molecule has 1 N–H and O–H groups in total. The molecular weight excluding hydrogens is 457 g/mol. The van der Waals surface area contributed by atoms with Crippen LogP contribution in [0.5, 0.6) is 0 Å². The molecule has 0 saturated heterocycles. The summed E-state index contributed by atoms with van der Waals surface area (Å²) < 4.78 is 42.0. The molecule has 1 aliphatic heterocycles. The first-order valence-electron chi connectivity index (χ1n) is 9.26. The highest BCUT2D eigenvalue weighted by Gasteiger charge is 2.33. The molecule has 4 rings (SSSR count). The standard InChI is InChI=1S/C23H18BrF3N2O/c1-12-8-17(5-7-20(12)24)29-13(2)9-15(14(29)3)10-19-18-6-4-16(23(25,26)27)11-21(18)28-22(19)30/h4-11H,1-3H3,(H,28,30)/b19-10+. The fourth-order valence-electron chi connectivity index (χ4n) is 3.77. The molecular formula is C23H18BrF3N2O. The van der Waals surface area contributed by atoms with Gasteiger partial charge in [0.1, 0.15) is 0 Å². The number of benzene rings is 2. The predicted octanol–water partition coefficient (Wildman–Crippen LogP) is 6.68. The van der Waals surface area contributed by atoms with E-state index >= 15 is 0 Å². The molecule has 3 aromatic rings. The summed E-state index contributed by atoms with van der Waals surface area (Å²) in [4.78, 5) is 12.5. The fourth-order valence-corrected chi connectivity index (χ4v) is 4.02. The summed E-state index contributed by atoms with van der Waals surface area (Å²) in [6.07, 6.45) is -2.72. The molecule has 0 unspecified atom stereocenters. The van der Waals surface area contributed by atoms with Crippen LogP contribution in [0.15, 0.2) is 46.9 Å². The lowest BCUT2D eigenvalue weighted by atomic mass is 10.0. The van der Waals surface area contributed by atoms with Crippen LogP contribution in [0, 0.1) is 20.8 Å². The summed E-state index contributed by atoms with van der Waals surface area (Å²) in [5.41, 5.74) is 5.09. The average Bonchev–Trinajstić information content (AvgIpc) is 3.12. The zero-order chi connectivity index (χ0) is 21.8. The van der Waals surface area contributed by atoms with Gasteiger partial charge in [-0.25, -0.2) is 0 Å². The Kier molecular flexibility index (Phi) is 4.89. The fraction of sp³-hybridized carbons (Fsp3) is 0.174. The van der Waals surface area contributed by atoms with E-state index in [4.69, 9.17) is 0 Å². The van der Waals surface area contributed by atoms with Crippen molar-refractivity contribution >= 4 is 39.2 Å². The van der Waals surface area contributed by atoms with E-state index < -0.39 is 17.6 Å². The number of hydrogen-bond acceptors (Lipinski definition) is 1. The number of anilines is 1. The number of alkyl halides is 3. The number of carbonyl (C=O) groups is 1. The van der Waals surface area contributed by atoms with Crippen molar-refractivity contribution in [1.29, 1.82) is 0 Å². The van der Waals surface area contributed by atoms with E-state index in [0.29, 0.717) is 11.1 Å². The average molecular weight is 475 g/mol. The van der Waals surface area contributed by atoms with Gasteiger partial charge in [0.15, 0.2) is 0 Å². The van der Waals surface area contributed by atoms with E-state index in [9.17, 15) is 18.0 Å². The van der Waals surface area contributed by atoms with Crippen LogP contribution in [0.3, 0.4) is 0 Å². The normalized spacial score (nSPS) is 14.9. The molecule has 7 heteroatoms. The number of halogens is 4. The summed E-state index contributed by atoms with van der Waals surface area (Å²) in [6.45, 7) is 5.95. The monoisotopic (exact) mass is 474 g/mol. The van der Waals surface area contributed by atoms with Crippen LogP contribution in [0.1, 0.15) is 33.6 Å². The Morgan fingerprint density at radius 3 is 2.43 bits per heavy atom. The minimum Gasteiger partial charge on any atom is -0.321 e. The molecule has 0 fully saturated rings. The number of amides is 1. The highest BCUT2D eigenvalue weighted by Crippen LogP contribution is 2.39. The van der Waals surface area contributed by atoms with Gasteiger partial charge in [-0.3, -0.25) is 4.79 Å². The minimum atomic E-state index is -4.46. The molecule has 2 aromatic carbocycles. The molecule has 3 nitrogen and oxygen atoms in total. The second-order valence-corrected chi connectivity index (χ2v) is 8.22.